The summed E-state index contributed by atoms with van der Waals surface area (Å²) in [5.74, 6) is 1.13. The molecule has 1 unspecified atom stereocenters. The summed E-state index contributed by atoms with van der Waals surface area (Å²) in [6, 6.07) is 13.2. The van der Waals surface area contributed by atoms with Crippen LogP contribution in [-0.4, -0.2) is 31.6 Å². The number of aliphatic imine (C=N–C) groups is 1. The molecule has 2 aliphatic rings. The van der Waals surface area contributed by atoms with Crippen LogP contribution in [0.2, 0.25) is 0 Å². The van der Waals surface area contributed by atoms with Crippen LogP contribution in [0.4, 0.5) is 5.69 Å². The Morgan fingerprint density at radius 3 is 2.83 bits per heavy atom. The van der Waals surface area contributed by atoms with Crippen LogP contribution in [0.5, 0.6) is 11.5 Å². The molecule has 6 heteroatoms. The minimum absolute atomic E-state index is 0.211. The van der Waals surface area contributed by atoms with Gasteiger partial charge in [-0.1, -0.05) is 18.2 Å². The Labute approximate surface area is 133 Å². The van der Waals surface area contributed by atoms with Crippen molar-refractivity contribution >= 4 is 17.3 Å². The van der Waals surface area contributed by atoms with Gasteiger partial charge in [-0.2, -0.15) is 0 Å². The maximum absolute atomic E-state index is 12.3. The molecule has 4 rings (SSSR count). The third-order valence-corrected chi connectivity index (χ3v) is 4.02. The number of ether oxygens (including phenoxy) is 2. The molecule has 0 fully saturated rings. The van der Waals surface area contributed by atoms with E-state index in [0.29, 0.717) is 17.2 Å². The third-order valence-electron chi connectivity index (χ3n) is 4.02. The van der Waals surface area contributed by atoms with Crippen LogP contribution in [-0.2, 0) is 4.79 Å². The first-order valence-electron chi connectivity index (χ1n) is 7.25. The van der Waals surface area contributed by atoms with Crippen molar-refractivity contribution in [3.05, 3.63) is 53.6 Å². The lowest BCUT2D eigenvalue weighted by Crippen LogP contribution is -2.39. The maximum atomic E-state index is 12.3. The van der Waals surface area contributed by atoms with E-state index in [-0.39, 0.29) is 12.7 Å². The molecule has 23 heavy (non-hydrogen) atoms. The Morgan fingerprint density at radius 2 is 1.96 bits per heavy atom. The molecule has 6 nitrogen and oxygen atoms in total. The molecule has 1 atom stereocenters. The molecule has 0 saturated carbocycles. The van der Waals surface area contributed by atoms with Crippen molar-refractivity contribution in [3.8, 4) is 11.5 Å². The van der Waals surface area contributed by atoms with Crippen LogP contribution in [0, 0.1) is 0 Å². The van der Waals surface area contributed by atoms with E-state index in [1.54, 1.807) is 11.9 Å². The number of likely N-dealkylation sites (N-methyl/N-ethyl adjacent to an activating group) is 1. The first-order valence-corrected chi connectivity index (χ1v) is 7.25. The van der Waals surface area contributed by atoms with Gasteiger partial charge in [-0.3, -0.25) is 9.79 Å². The van der Waals surface area contributed by atoms with Gasteiger partial charge in [0.15, 0.2) is 17.7 Å². The van der Waals surface area contributed by atoms with Crippen molar-refractivity contribution in [1.82, 2.24) is 0 Å². The third kappa shape index (κ3) is 2.15. The first-order chi connectivity index (χ1) is 11.1. The van der Waals surface area contributed by atoms with Crippen molar-refractivity contribution in [3.63, 3.8) is 0 Å². The predicted octanol–water partition coefficient (Wildman–Crippen LogP) is 1.51. The van der Waals surface area contributed by atoms with Gasteiger partial charge >= 0.3 is 0 Å². The number of benzene rings is 2. The van der Waals surface area contributed by atoms with Crippen LogP contribution in [0.1, 0.15) is 11.1 Å². The zero-order valence-corrected chi connectivity index (χ0v) is 12.5. The lowest BCUT2D eigenvalue weighted by atomic mass is 10.00. The van der Waals surface area contributed by atoms with Gasteiger partial charge in [0.05, 0.1) is 11.4 Å². The highest BCUT2D eigenvalue weighted by Gasteiger charge is 2.28. The lowest BCUT2D eigenvalue weighted by Gasteiger charge is -2.18. The van der Waals surface area contributed by atoms with Crippen molar-refractivity contribution in [2.24, 2.45) is 10.7 Å². The van der Waals surface area contributed by atoms with E-state index in [0.717, 1.165) is 16.8 Å². The average molecular weight is 309 g/mol. The largest absolute Gasteiger partial charge is 0.454 e. The molecule has 0 spiro atoms. The number of carbonyl (C=O) groups excluding carboxylic acids is 1. The fourth-order valence-electron chi connectivity index (χ4n) is 2.82. The second-order valence-corrected chi connectivity index (χ2v) is 5.40. The Bertz CT molecular complexity index is 832. The normalized spacial score (nSPS) is 19.2. The van der Waals surface area contributed by atoms with Gasteiger partial charge in [0, 0.05) is 18.2 Å². The van der Waals surface area contributed by atoms with Crippen LogP contribution in [0.15, 0.2) is 47.5 Å². The zero-order chi connectivity index (χ0) is 16.0. The van der Waals surface area contributed by atoms with E-state index in [2.05, 4.69) is 4.99 Å². The topological polar surface area (TPSA) is 77.2 Å². The Hall–Kier alpha value is -2.86. The highest BCUT2D eigenvalue weighted by atomic mass is 16.7. The number of nitrogens with zero attached hydrogens (tertiary/aromatic N) is 2. The number of rotatable bonds is 1. The molecule has 2 heterocycles. The van der Waals surface area contributed by atoms with E-state index in [1.807, 2.05) is 42.5 Å². The number of amides is 1. The first kappa shape index (κ1) is 13.8. The van der Waals surface area contributed by atoms with Crippen molar-refractivity contribution < 1.29 is 14.3 Å². The van der Waals surface area contributed by atoms with Gasteiger partial charge in [-0.15, -0.1) is 0 Å². The molecule has 2 aliphatic heterocycles. The van der Waals surface area contributed by atoms with Crippen molar-refractivity contribution in [2.75, 3.05) is 18.7 Å². The summed E-state index contributed by atoms with van der Waals surface area (Å²) < 4.78 is 10.8. The zero-order valence-electron chi connectivity index (χ0n) is 12.5. The van der Waals surface area contributed by atoms with E-state index in [4.69, 9.17) is 15.2 Å². The number of para-hydroxylation sites is 1. The van der Waals surface area contributed by atoms with Gasteiger partial charge < -0.3 is 20.1 Å². The van der Waals surface area contributed by atoms with E-state index >= 15 is 0 Å². The van der Waals surface area contributed by atoms with E-state index in [1.165, 1.54) is 0 Å². The summed E-state index contributed by atoms with van der Waals surface area (Å²) in [4.78, 5) is 18.3. The number of fused-ring (bicyclic) bond motifs is 2. The molecule has 1 amide bonds. The lowest BCUT2D eigenvalue weighted by molar-refractivity contribution is -0.119. The fraction of sp³-hybridized carbons (Fsp3) is 0.176. The second kappa shape index (κ2) is 5.10. The van der Waals surface area contributed by atoms with Crippen LogP contribution in [0.25, 0.3) is 0 Å². The van der Waals surface area contributed by atoms with Gasteiger partial charge in [-0.25, -0.2) is 0 Å². The van der Waals surface area contributed by atoms with E-state index in [9.17, 15) is 4.79 Å². The molecular weight excluding hydrogens is 294 g/mol. The van der Waals surface area contributed by atoms with Crippen molar-refractivity contribution in [2.45, 2.75) is 6.17 Å². The Morgan fingerprint density at radius 1 is 1.17 bits per heavy atom. The number of benzodiazepines with no additional fused rings is 1. The number of anilines is 1. The Kier molecular flexibility index (Phi) is 3.06. The molecular formula is C17H15N3O3. The molecule has 2 aromatic carbocycles. The van der Waals surface area contributed by atoms with Crippen LogP contribution >= 0.6 is 0 Å². The van der Waals surface area contributed by atoms with Crippen LogP contribution < -0.4 is 20.1 Å². The number of carbonyl (C=O) groups is 1. The second-order valence-electron chi connectivity index (χ2n) is 5.40. The molecule has 0 aliphatic carbocycles. The molecule has 2 aromatic rings. The maximum Gasteiger partial charge on any atom is 0.266 e. The molecule has 0 aromatic heterocycles. The monoisotopic (exact) mass is 309 g/mol. The smallest absolute Gasteiger partial charge is 0.266 e. The number of nitrogens with two attached hydrogens (primary N) is 1. The van der Waals surface area contributed by atoms with Gasteiger partial charge in [0.1, 0.15) is 0 Å². The van der Waals surface area contributed by atoms with Gasteiger partial charge in [0.2, 0.25) is 6.79 Å². The SMILES string of the molecule is CN1C(=O)C(N)N=C(c2ccc3c(c2)OCO3)c2ccccc21. The number of hydrogen-bond donors (Lipinski definition) is 1. The molecule has 0 saturated heterocycles. The fourth-order valence-corrected chi connectivity index (χ4v) is 2.82. The molecule has 116 valence electrons. The molecule has 2 N–H and O–H groups in total. The summed E-state index contributed by atoms with van der Waals surface area (Å²) in [6.45, 7) is 0.211. The van der Waals surface area contributed by atoms with Crippen LogP contribution in [0.3, 0.4) is 0 Å². The molecule has 0 bridgehead atoms. The number of hydrogen-bond acceptors (Lipinski definition) is 5. The van der Waals surface area contributed by atoms with Crippen molar-refractivity contribution in [1.29, 1.82) is 0 Å². The average Bonchev–Trinajstić information content (AvgIpc) is 3.02. The predicted molar refractivity (Wildman–Crippen MR) is 86.0 cm³/mol. The highest BCUT2D eigenvalue weighted by molar-refractivity contribution is 6.20. The summed E-state index contributed by atoms with van der Waals surface area (Å²) >= 11 is 0. The summed E-state index contributed by atoms with van der Waals surface area (Å²) in [6.07, 6.45) is -0.937. The quantitative estimate of drug-likeness (QED) is 0.866. The van der Waals surface area contributed by atoms with Gasteiger partial charge in [-0.05, 0) is 24.3 Å². The standard InChI is InChI=1S/C17H15N3O3/c1-20-12-5-3-2-4-11(12)15(19-16(18)17(20)21)10-6-7-13-14(8-10)23-9-22-13/h2-8,16H,9,18H2,1H3. The summed E-state index contributed by atoms with van der Waals surface area (Å²) in [7, 11) is 1.71. The van der Waals surface area contributed by atoms with E-state index < -0.39 is 6.17 Å². The minimum Gasteiger partial charge on any atom is -0.454 e. The minimum atomic E-state index is -0.937. The highest BCUT2D eigenvalue weighted by Crippen LogP contribution is 2.34. The molecule has 0 radical (unpaired) electrons. The van der Waals surface area contributed by atoms with Gasteiger partial charge in [0.25, 0.3) is 5.91 Å². The Balaban J connectivity index is 1.91. The summed E-state index contributed by atoms with van der Waals surface area (Å²) in [5.41, 5.74) is 9.09. The summed E-state index contributed by atoms with van der Waals surface area (Å²) in [5, 5.41) is 0.